The van der Waals surface area contributed by atoms with E-state index in [1.165, 1.54) is 38.1 Å². The van der Waals surface area contributed by atoms with Gasteiger partial charge in [0.1, 0.15) is 0 Å². The number of anilines is 3. The van der Waals surface area contributed by atoms with Gasteiger partial charge in [0.25, 0.3) is 20.0 Å². The Hall–Kier alpha value is -3.91. The number of nitrogens with one attached hydrogen (secondary N) is 2. The summed E-state index contributed by atoms with van der Waals surface area (Å²) < 4.78 is 93.5. The monoisotopic (exact) mass is 555 g/mol. The average Bonchev–Trinajstić information content (AvgIpc) is 2.78. The Balaban J connectivity index is 2.16. The maximum absolute atomic E-state index is 13.6. The normalized spacial score (nSPS) is 12.0. The van der Waals surface area contributed by atoms with Gasteiger partial charge in [-0.05, 0) is 72.8 Å². The minimum Gasteiger partial charge on any atom is -0.326 e. The lowest BCUT2D eigenvalue weighted by atomic mass is 10.2. The molecule has 0 heterocycles. The third-order valence-corrected chi connectivity index (χ3v) is 9.00. The van der Waals surface area contributed by atoms with E-state index in [-0.39, 0.29) is 15.1 Å². The lowest BCUT2D eigenvalue weighted by Crippen LogP contribution is -2.37. The first-order valence-electron chi connectivity index (χ1n) is 10.4. The number of carbonyl (C=O) groups excluding carboxylic acids is 2. The summed E-state index contributed by atoms with van der Waals surface area (Å²) in [4.78, 5) is 21.5. The summed E-state index contributed by atoms with van der Waals surface area (Å²) in [5, 5.41) is 4.87. The van der Waals surface area contributed by atoms with Crippen molar-refractivity contribution < 1.29 is 39.6 Å². The highest BCUT2D eigenvalue weighted by Crippen LogP contribution is 2.35. The Bertz CT molecular complexity index is 1430. The molecule has 0 aliphatic carbocycles. The topological polar surface area (TPSA) is 130 Å². The molecular formula is C23H20F3N3O6S2. The maximum Gasteiger partial charge on any atom is 0.416 e. The number of nitrogens with zero attached hydrogens (tertiary/aromatic N) is 1. The van der Waals surface area contributed by atoms with Crippen LogP contribution in [0.1, 0.15) is 19.4 Å². The van der Waals surface area contributed by atoms with Crippen LogP contribution in [0.5, 0.6) is 0 Å². The summed E-state index contributed by atoms with van der Waals surface area (Å²) in [5.41, 5.74) is -1.19. The van der Waals surface area contributed by atoms with Crippen molar-refractivity contribution in [2.75, 3.05) is 14.3 Å². The van der Waals surface area contributed by atoms with E-state index in [1.807, 2.05) is 0 Å². The van der Waals surface area contributed by atoms with Crippen LogP contribution in [0.2, 0.25) is 0 Å². The standard InChI is InChI=1S/C23H20F3N3O6S2/c1-15(30)27-18-5-11-21(12-6-18)36(32,33)29(20-9-3-17(4-10-20)23(24,25)26)37(34,35)22-13-7-19(8-14-22)28-16(2)31/h3-14H,1-2H3,(H,27,30)(H,28,31). The first-order valence-corrected chi connectivity index (χ1v) is 13.2. The van der Waals surface area contributed by atoms with Crippen molar-refractivity contribution in [1.29, 1.82) is 0 Å². The molecule has 0 unspecified atom stereocenters. The fraction of sp³-hybridized carbons (Fsp3) is 0.130. The number of halogens is 3. The molecule has 3 aromatic carbocycles. The van der Waals surface area contributed by atoms with Crippen LogP contribution in [-0.4, -0.2) is 28.6 Å². The number of alkyl halides is 3. The second-order valence-electron chi connectivity index (χ2n) is 7.66. The Morgan fingerprint density at radius 2 is 1.00 bits per heavy atom. The van der Waals surface area contributed by atoms with Gasteiger partial charge in [-0.2, -0.15) is 16.9 Å². The molecular weight excluding hydrogens is 535 g/mol. The molecule has 3 rings (SSSR count). The number of amides is 2. The second-order valence-corrected chi connectivity index (χ2v) is 11.5. The van der Waals surface area contributed by atoms with Crippen LogP contribution in [0.25, 0.3) is 0 Å². The van der Waals surface area contributed by atoms with Crippen LogP contribution >= 0.6 is 0 Å². The number of benzene rings is 3. The van der Waals surface area contributed by atoms with Gasteiger partial charge >= 0.3 is 6.18 Å². The van der Waals surface area contributed by atoms with Crippen LogP contribution in [0.4, 0.5) is 30.2 Å². The van der Waals surface area contributed by atoms with Gasteiger partial charge in [0, 0.05) is 25.2 Å². The van der Waals surface area contributed by atoms with Gasteiger partial charge in [-0.1, -0.05) is 0 Å². The molecule has 0 spiro atoms. The fourth-order valence-electron chi connectivity index (χ4n) is 3.20. The minimum absolute atomic E-state index is 0.0287. The molecule has 196 valence electrons. The molecule has 0 fully saturated rings. The van der Waals surface area contributed by atoms with Crippen molar-refractivity contribution in [2.45, 2.75) is 29.8 Å². The van der Waals surface area contributed by atoms with Gasteiger partial charge in [0.2, 0.25) is 11.8 Å². The molecule has 14 heteroatoms. The van der Waals surface area contributed by atoms with E-state index in [4.69, 9.17) is 0 Å². The smallest absolute Gasteiger partial charge is 0.326 e. The molecule has 37 heavy (non-hydrogen) atoms. The SMILES string of the molecule is CC(=O)Nc1ccc(S(=O)(=O)N(c2ccc(C(F)(F)F)cc2)S(=O)(=O)c2ccc(NC(C)=O)cc2)cc1. The van der Waals surface area contributed by atoms with Crippen molar-refractivity contribution in [2.24, 2.45) is 0 Å². The van der Waals surface area contributed by atoms with Gasteiger partial charge in [-0.3, -0.25) is 9.59 Å². The lowest BCUT2D eigenvalue weighted by Gasteiger charge is -2.24. The quantitative estimate of drug-likeness (QED) is 0.449. The fourth-order valence-corrected chi connectivity index (χ4v) is 6.89. The molecule has 2 N–H and O–H groups in total. The number of hydrogen-bond acceptors (Lipinski definition) is 6. The van der Waals surface area contributed by atoms with E-state index < -0.39 is 59.1 Å². The van der Waals surface area contributed by atoms with E-state index >= 15 is 0 Å². The summed E-state index contributed by atoms with van der Waals surface area (Å²) in [6.45, 7) is 2.47. The van der Waals surface area contributed by atoms with Crippen molar-refractivity contribution in [3.63, 3.8) is 0 Å². The lowest BCUT2D eigenvalue weighted by molar-refractivity contribution is -0.137. The van der Waals surface area contributed by atoms with Crippen LogP contribution in [-0.2, 0) is 35.8 Å². The summed E-state index contributed by atoms with van der Waals surface area (Å²) in [5.74, 6) is -0.848. The molecule has 2 amide bonds. The first-order chi connectivity index (χ1) is 17.1. The molecule has 3 aromatic rings. The third-order valence-electron chi connectivity index (χ3n) is 4.79. The van der Waals surface area contributed by atoms with Crippen LogP contribution < -0.4 is 14.3 Å². The zero-order valence-corrected chi connectivity index (χ0v) is 20.9. The van der Waals surface area contributed by atoms with Crippen molar-refractivity contribution >= 4 is 48.9 Å². The minimum atomic E-state index is -4.90. The van der Waals surface area contributed by atoms with Gasteiger partial charge in [-0.15, -0.1) is 0 Å². The predicted octanol–water partition coefficient (Wildman–Crippen LogP) is 4.21. The van der Waals surface area contributed by atoms with Crippen LogP contribution in [0, 0.1) is 0 Å². The summed E-state index contributed by atoms with van der Waals surface area (Å²) in [6.07, 6.45) is -4.74. The highest BCUT2D eigenvalue weighted by molar-refractivity contribution is 8.10. The second kappa shape index (κ2) is 10.2. The zero-order chi connectivity index (χ0) is 27.6. The van der Waals surface area contributed by atoms with E-state index in [1.54, 1.807) is 0 Å². The molecule has 0 aliphatic rings. The van der Waals surface area contributed by atoms with Crippen molar-refractivity contribution in [3.8, 4) is 0 Å². The van der Waals surface area contributed by atoms with E-state index in [2.05, 4.69) is 10.6 Å². The van der Waals surface area contributed by atoms with E-state index in [0.29, 0.717) is 12.1 Å². The van der Waals surface area contributed by atoms with E-state index in [0.717, 1.165) is 36.4 Å². The highest BCUT2D eigenvalue weighted by atomic mass is 32.3. The highest BCUT2D eigenvalue weighted by Gasteiger charge is 2.38. The summed E-state index contributed by atoms with van der Waals surface area (Å²) in [6, 6.07) is 11.7. The number of sulfonamides is 2. The maximum atomic E-state index is 13.6. The molecule has 0 aromatic heterocycles. The average molecular weight is 556 g/mol. The van der Waals surface area contributed by atoms with Crippen LogP contribution in [0.15, 0.2) is 82.6 Å². The molecule has 0 bridgehead atoms. The molecule has 0 radical (unpaired) electrons. The number of hydrogen-bond donors (Lipinski definition) is 2. The largest absolute Gasteiger partial charge is 0.416 e. The zero-order valence-electron chi connectivity index (χ0n) is 19.3. The van der Waals surface area contributed by atoms with Gasteiger partial charge in [0.05, 0.1) is 21.0 Å². The van der Waals surface area contributed by atoms with Crippen LogP contribution in [0.3, 0.4) is 0 Å². The molecule has 0 aliphatic heterocycles. The Morgan fingerprint density at radius 1 is 0.649 bits per heavy atom. The first kappa shape index (κ1) is 27.7. The summed E-state index contributed by atoms with van der Waals surface area (Å²) >= 11 is 0. The molecule has 0 saturated heterocycles. The molecule has 9 nitrogen and oxygen atoms in total. The van der Waals surface area contributed by atoms with E-state index in [9.17, 15) is 39.6 Å². The Labute approximate surface area is 211 Å². The Morgan fingerprint density at radius 3 is 1.30 bits per heavy atom. The number of carbonyl (C=O) groups is 2. The summed E-state index contributed by atoms with van der Waals surface area (Å²) in [7, 11) is -9.80. The molecule has 0 atom stereocenters. The van der Waals surface area contributed by atoms with Gasteiger partial charge in [0.15, 0.2) is 0 Å². The van der Waals surface area contributed by atoms with Gasteiger partial charge < -0.3 is 10.6 Å². The Kier molecular flexibility index (Phi) is 7.64. The van der Waals surface area contributed by atoms with Crippen molar-refractivity contribution in [1.82, 2.24) is 0 Å². The predicted molar refractivity (Wildman–Crippen MR) is 130 cm³/mol. The third kappa shape index (κ3) is 6.27. The number of rotatable bonds is 7. The van der Waals surface area contributed by atoms with Gasteiger partial charge in [-0.25, -0.2) is 16.8 Å². The molecule has 0 saturated carbocycles. The van der Waals surface area contributed by atoms with Crippen molar-refractivity contribution in [3.05, 3.63) is 78.4 Å².